The number of piperazine rings is 1. The van der Waals surface area contributed by atoms with E-state index in [1.165, 1.54) is 76.2 Å². The molecule has 19 heavy (non-hydrogen) atoms. The molecule has 2 N–H and O–H groups in total. The van der Waals surface area contributed by atoms with Gasteiger partial charge in [-0.1, -0.05) is 12.8 Å². The van der Waals surface area contributed by atoms with Gasteiger partial charge < -0.3 is 5.73 Å². The topological polar surface area (TPSA) is 32.5 Å². The lowest BCUT2D eigenvalue weighted by Gasteiger charge is -2.50. The summed E-state index contributed by atoms with van der Waals surface area (Å²) in [6, 6.07) is 0.901. The third-order valence-corrected chi connectivity index (χ3v) is 6.62. The van der Waals surface area contributed by atoms with E-state index in [9.17, 15) is 0 Å². The molecule has 0 aromatic rings. The van der Waals surface area contributed by atoms with Crippen molar-refractivity contribution in [3.63, 3.8) is 0 Å². The van der Waals surface area contributed by atoms with Gasteiger partial charge in [0, 0.05) is 44.3 Å². The predicted molar refractivity (Wildman–Crippen MR) is 83.7 cm³/mol. The van der Waals surface area contributed by atoms with Crippen molar-refractivity contribution in [2.24, 2.45) is 5.73 Å². The molecule has 3 aliphatic rings. The monoisotopic (exact) mass is 283 g/mol. The zero-order valence-corrected chi connectivity index (χ0v) is 13.0. The standard InChI is InChI=1S/C15H29N3S/c16-13-15(5-11-19-12-6-15)18-9-7-17(8-10-18)14-3-1-2-4-14/h14H,1-13,16H2. The number of nitrogens with zero attached hydrogens (tertiary/aromatic N) is 2. The Morgan fingerprint density at radius 2 is 1.63 bits per heavy atom. The quantitative estimate of drug-likeness (QED) is 0.856. The highest BCUT2D eigenvalue weighted by Crippen LogP contribution is 2.33. The average Bonchev–Trinajstić information content (AvgIpc) is 3.02. The Balaban J connectivity index is 1.56. The second-order valence-corrected chi connectivity index (χ2v) is 7.73. The summed E-state index contributed by atoms with van der Waals surface area (Å²) in [5, 5.41) is 0. The molecule has 1 aliphatic carbocycles. The predicted octanol–water partition coefficient (Wildman–Crippen LogP) is 1.77. The molecular weight excluding hydrogens is 254 g/mol. The molecule has 110 valence electrons. The summed E-state index contributed by atoms with van der Waals surface area (Å²) in [5.41, 5.74) is 6.50. The van der Waals surface area contributed by atoms with Gasteiger partial charge in [-0.15, -0.1) is 0 Å². The summed E-state index contributed by atoms with van der Waals surface area (Å²) in [7, 11) is 0. The van der Waals surface area contributed by atoms with Gasteiger partial charge in [0.15, 0.2) is 0 Å². The van der Waals surface area contributed by atoms with Gasteiger partial charge in [-0.05, 0) is 37.2 Å². The Kier molecular flexibility index (Phi) is 4.73. The van der Waals surface area contributed by atoms with E-state index in [-0.39, 0.29) is 0 Å². The van der Waals surface area contributed by atoms with Crippen LogP contribution >= 0.6 is 11.8 Å². The Labute approximate surface area is 122 Å². The van der Waals surface area contributed by atoms with Gasteiger partial charge in [0.2, 0.25) is 0 Å². The first kappa shape index (κ1) is 14.2. The number of hydrogen-bond donors (Lipinski definition) is 1. The lowest BCUT2D eigenvalue weighted by Crippen LogP contribution is -2.62. The summed E-state index contributed by atoms with van der Waals surface area (Å²) in [6.07, 6.45) is 8.40. The number of thioether (sulfide) groups is 1. The molecule has 0 atom stereocenters. The Morgan fingerprint density at radius 1 is 1.00 bits per heavy atom. The fourth-order valence-corrected chi connectivity index (χ4v) is 5.48. The Bertz CT molecular complexity index is 277. The van der Waals surface area contributed by atoms with Gasteiger partial charge in [-0.3, -0.25) is 9.80 Å². The van der Waals surface area contributed by atoms with Crippen LogP contribution in [0.5, 0.6) is 0 Å². The first-order valence-electron chi connectivity index (χ1n) is 8.11. The van der Waals surface area contributed by atoms with Crippen molar-refractivity contribution < 1.29 is 0 Å². The molecule has 0 aromatic carbocycles. The van der Waals surface area contributed by atoms with Crippen LogP contribution in [0.15, 0.2) is 0 Å². The second kappa shape index (κ2) is 6.33. The molecular formula is C15H29N3S. The molecule has 0 aromatic heterocycles. The van der Waals surface area contributed by atoms with Crippen molar-refractivity contribution in [3.8, 4) is 0 Å². The van der Waals surface area contributed by atoms with Crippen LogP contribution in [0.4, 0.5) is 0 Å². The van der Waals surface area contributed by atoms with Crippen LogP contribution in [-0.2, 0) is 0 Å². The molecule has 3 rings (SSSR count). The van der Waals surface area contributed by atoms with Crippen molar-refractivity contribution >= 4 is 11.8 Å². The smallest absolute Gasteiger partial charge is 0.0348 e. The number of nitrogens with two attached hydrogens (primary N) is 1. The molecule has 2 saturated heterocycles. The summed E-state index contributed by atoms with van der Waals surface area (Å²) >= 11 is 2.10. The maximum atomic E-state index is 6.16. The Morgan fingerprint density at radius 3 is 2.21 bits per heavy atom. The van der Waals surface area contributed by atoms with Gasteiger partial charge in [0.05, 0.1) is 0 Å². The molecule has 0 amide bonds. The fraction of sp³-hybridized carbons (Fsp3) is 1.00. The van der Waals surface area contributed by atoms with Crippen LogP contribution in [0.1, 0.15) is 38.5 Å². The summed E-state index contributed by atoms with van der Waals surface area (Å²) in [5.74, 6) is 2.61. The van der Waals surface area contributed by atoms with Gasteiger partial charge in [0.25, 0.3) is 0 Å². The zero-order valence-electron chi connectivity index (χ0n) is 12.1. The van der Waals surface area contributed by atoms with Gasteiger partial charge in [-0.25, -0.2) is 0 Å². The van der Waals surface area contributed by atoms with E-state index in [1.54, 1.807) is 0 Å². The SMILES string of the molecule is NCC1(N2CCN(C3CCCC3)CC2)CCSCC1. The molecule has 3 fully saturated rings. The van der Waals surface area contributed by atoms with E-state index < -0.39 is 0 Å². The molecule has 4 heteroatoms. The third-order valence-electron chi connectivity index (χ3n) is 5.63. The van der Waals surface area contributed by atoms with E-state index >= 15 is 0 Å². The maximum Gasteiger partial charge on any atom is 0.0348 e. The molecule has 2 aliphatic heterocycles. The Hall–Kier alpha value is 0.230. The van der Waals surface area contributed by atoms with E-state index in [0.29, 0.717) is 5.54 Å². The highest BCUT2D eigenvalue weighted by atomic mass is 32.2. The summed E-state index contributed by atoms with van der Waals surface area (Å²) < 4.78 is 0. The second-order valence-electron chi connectivity index (χ2n) is 6.50. The first-order chi connectivity index (χ1) is 9.34. The van der Waals surface area contributed by atoms with Crippen LogP contribution in [0, 0.1) is 0 Å². The third kappa shape index (κ3) is 2.97. The lowest BCUT2D eigenvalue weighted by atomic mass is 9.89. The van der Waals surface area contributed by atoms with Crippen molar-refractivity contribution in [2.45, 2.75) is 50.1 Å². The van der Waals surface area contributed by atoms with E-state index in [2.05, 4.69) is 21.6 Å². The minimum atomic E-state index is 0.340. The maximum absolute atomic E-state index is 6.16. The highest BCUT2D eigenvalue weighted by molar-refractivity contribution is 7.99. The van der Waals surface area contributed by atoms with Crippen LogP contribution < -0.4 is 5.73 Å². The van der Waals surface area contributed by atoms with Gasteiger partial charge in [-0.2, -0.15) is 11.8 Å². The van der Waals surface area contributed by atoms with E-state index in [0.717, 1.165) is 12.6 Å². The van der Waals surface area contributed by atoms with Crippen molar-refractivity contribution in [1.29, 1.82) is 0 Å². The molecule has 2 heterocycles. The van der Waals surface area contributed by atoms with Gasteiger partial charge in [0.1, 0.15) is 0 Å². The van der Waals surface area contributed by atoms with Crippen molar-refractivity contribution in [1.82, 2.24) is 9.80 Å². The minimum absolute atomic E-state index is 0.340. The summed E-state index contributed by atoms with van der Waals surface area (Å²) in [6.45, 7) is 5.91. The molecule has 0 unspecified atom stereocenters. The highest BCUT2D eigenvalue weighted by Gasteiger charge is 2.39. The largest absolute Gasteiger partial charge is 0.329 e. The molecule has 0 bridgehead atoms. The average molecular weight is 283 g/mol. The van der Waals surface area contributed by atoms with E-state index in [1.807, 2.05) is 0 Å². The number of rotatable bonds is 3. The molecule has 0 spiro atoms. The molecule has 3 nitrogen and oxygen atoms in total. The van der Waals surface area contributed by atoms with Crippen LogP contribution in [0.3, 0.4) is 0 Å². The van der Waals surface area contributed by atoms with Crippen molar-refractivity contribution in [3.05, 3.63) is 0 Å². The summed E-state index contributed by atoms with van der Waals surface area (Å²) in [4.78, 5) is 5.49. The fourth-order valence-electron chi connectivity index (χ4n) is 4.23. The number of hydrogen-bond acceptors (Lipinski definition) is 4. The van der Waals surface area contributed by atoms with Crippen LogP contribution in [0.2, 0.25) is 0 Å². The zero-order chi connectivity index (χ0) is 13.1. The normalized spacial score (nSPS) is 30.8. The molecule has 1 saturated carbocycles. The van der Waals surface area contributed by atoms with Crippen molar-refractivity contribution in [2.75, 3.05) is 44.2 Å². The van der Waals surface area contributed by atoms with E-state index in [4.69, 9.17) is 5.73 Å². The van der Waals surface area contributed by atoms with Gasteiger partial charge >= 0.3 is 0 Å². The first-order valence-corrected chi connectivity index (χ1v) is 9.26. The molecule has 0 radical (unpaired) electrons. The minimum Gasteiger partial charge on any atom is -0.329 e. The van der Waals surface area contributed by atoms with Crippen LogP contribution in [-0.4, -0.2) is 65.6 Å². The lowest BCUT2D eigenvalue weighted by molar-refractivity contribution is 0.0169. The van der Waals surface area contributed by atoms with Crippen LogP contribution in [0.25, 0.3) is 0 Å².